The van der Waals surface area contributed by atoms with E-state index in [0.717, 1.165) is 0 Å². The molecule has 0 heteroatoms. The molecule has 132 valence electrons. The largest absolute Gasteiger partial charge is 0.0579 e. The molecule has 0 aliphatic heterocycles. The molecule has 0 atom stereocenters. The second-order valence-corrected chi connectivity index (χ2v) is 10.3. The lowest BCUT2D eigenvalue weighted by Gasteiger charge is -2.30. The highest BCUT2D eigenvalue weighted by molar-refractivity contribution is 5.82. The highest BCUT2D eigenvalue weighted by Crippen LogP contribution is 2.57. The fourth-order valence-electron chi connectivity index (χ4n) is 4.95. The van der Waals surface area contributed by atoms with Gasteiger partial charge >= 0.3 is 0 Å². The van der Waals surface area contributed by atoms with Crippen molar-refractivity contribution < 1.29 is 0 Å². The van der Waals surface area contributed by atoms with E-state index in [1.54, 1.807) is 11.1 Å². The quantitative estimate of drug-likeness (QED) is 0.481. The Bertz CT molecular complexity index is 753. The van der Waals surface area contributed by atoms with E-state index in [4.69, 9.17) is 0 Å². The summed E-state index contributed by atoms with van der Waals surface area (Å²) < 4.78 is 0. The third kappa shape index (κ3) is 2.48. The van der Waals surface area contributed by atoms with Gasteiger partial charge in [0.1, 0.15) is 0 Å². The number of benzene rings is 2. The van der Waals surface area contributed by atoms with E-state index < -0.39 is 0 Å². The minimum Gasteiger partial charge on any atom is -0.0579 e. The molecule has 1 spiro atoms. The van der Waals surface area contributed by atoms with Crippen LogP contribution >= 0.6 is 0 Å². The molecule has 2 aromatic rings. The van der Waals surface area contributed by atoms with E-state index in [2.05, 4.69) is 77.9 Å². The van der Waals surface area contributed by atoms with Gasteiger partial charge in [-0.3, -0.25) is 0 Å². The molecule has 0 nitrogen and oxygen atoms in total. The first-order valence-corrected chi connectivity index (χ1v) is 9.93. The van der Waals surface area contributed by atoms with Crippen molar-refractivity contribution in [3.8, 4) is 11.1 Å². The molecule has 1 saturated carbocycles. The summed E-state index contributed by atoms with van der Waals surface area (Å²) in [6.07, 6.45) is 5.35. The van der Waals surface area contributed by atoms with E-state index in [1.165, 1.54) is 47.9 Å². The summed E-state index contributed by atoms with van der Waals surface area (Å²) in [4.78, 5) is 0. The maximum Gasteiger partial charge on any atom is 0.0215 e. The number of fused-ring (bicyclic) bond motifs is 5. The molecule has 25 heavy (non-hydrogen) atoms. The van der Waals surface area contributed by atoms with Crippen LogP contribution in [-0.4, -0.2) is 0 Å². The number of hydrogen-bond acceptors (Lipinski definition) is 0. The van der Waals surface area contributed by atoms with Crippen LogP contribution in [0.15, 0.2) is 36.4 Å². The second kappa shape index (κ2) is 5.22. The fourth-order valence-corrected chi connectivity index (χ4v) is 4.95. The lowest BCUT2D eigenvalue weighted by molar-refractivity contribution is 0.537. The van der Waals surface area contributed by atoms with Crippen molar-refractivity contribution in [1.82, 2.24) is 0 Å². The minimum absolute atomic E-state index is 0.209. The van der Waals surface area contributed by atoms with Gasteiger partial charge < -0.3 is 0 Å². The lowest BCUT2D eigenvalue weighted by atomic mass is 9.73. The Morgan fingerprint density at radius 1 is 0.640 bits per heavy atom. The predicted octanol–water partition coefficient (Wildman–Crippen LogP) is 7.12. The summed E-state index contributed by atoms with van der Waals surface area (Å²) in [5, 5.41) is 0. The summed E-state index contributed by atoms with van der Waals surface area (Å²) in [7, 11) is 0. The van der Waals surface area contributed by atoms with Gasteiger partial charge in [0.05, 0.1) is 0 Å². The fraction of sp³-hybridized carbons (Fsp3) is 0.520. The Kier molecular flexibility index (Phi) is 3.53. The predicted molar refractivity (Wildman–Crippen MR) is 109 cm³/mol. The van der Waals surface area contributed by atoms with Crippen molar-refractivity contribution in [2.45, 2.75) is 83.5 Å². The van der Waals surface area contributed by atoms with Crippen LogP contribution in [0.5, 0.6) is 0 Å². The molecule has 0 aromatic heterocycles. The van der Waals surface area contributed by atoms with Crippen LogP contribution in [0.1, 0.15) is 89.5 Å². The monoisotopic (exact) mass is 332 g/mol. The molecule has 0 bridgehead atoms. The van der Waals surface area contributed by atoms with Gasteiger partial charge in [-0.25, -0.2) is 0 Å². The van der Waals surface area contributed by atoms with E-state index in [9.17, 15) is 0 Å². The average Bonchev–Trinajstić information content (AvgIpc) is 3.11. The molecule has 0 radical (unpaired) electrons. The first-order valence-electron chi connectivity index (χ1n) is 9.93. The zero-order valence-corrected chi connectivity index (χ0v) is 16.8. The molecule has 0 N–H and O–H groups in total. The normalized spacial score (nSPS) is 18.5. The second-order valence-electron chi connectivity index (χ2n) is 10.3. The first kappa shape index (κ1) is 16.9. The highest BCUT2D eigenvalue weighted by Gasteiger charge is 2.45. The number of hydrogen-bond donors (Lipinski definition) is 0. The van der Waals surface area contributed by atoms with Crippen LogP contribution in [0.25, 0.3) is 11.1 Å². The SMILES string of the molecule is CC(C)(C)c1ccc2c(c1)C1(CCCC1)c1cc(C(C)(C)C)ccc1-2. The van der Waals surface area contributed by atoms with Gasteiger partial charge in [-0.2, -0.15) is 0 Å². The maximum absolute atomic E-state index is 2.54. The maximum atomic E-state index is 2.54. The molecule has 2 aliphatic carbocycles. The standard InChI is InChI=1S/C25H32/c1-23(2,3)17-9-11-19-20-12-10-18(24(4,5)6)16-22(20)25(21(19)15-17)13-7-8-14-25/h9-12,15-16H,7-8,13-14H2,1-6H3. The molecule has 0 amide bonds. The molecule has 0 saturated heterocycles. The molecule has 0 heterocycles. The van der Waals surface area contributed by atoms with Crippen LogP contribution in [0.4, 0.5) is 0 Å². The molecule has 2 aromatic carbocycles. The van der Waals surface area contributed by atoms with Gasteiger partial charge in [-0.15, -0.1) is 0 Å². The van der Waals surface area contributed by atoms with Gasteiger partial charge in [0, 0.05) is 5.41 Å². The van der Waals surface area contributed by atoms with Gasteiger partial charge in [-0.05, 0) is 57.1 Å². The highest BCUT2D eigenvalue weighted by atomic mass is 14.5. The third-order valence-electron chi connectivity index (χ3n) is 6.55. The molecule has 0 unspecified atom stereocenters. The molecular weight excluding hydrogens is 300 g/mol. The van der Waals surface area contributed by atoms with Gasteiger partial charge in [0.2, 0.25) is 0 Å². The van der Waals surface area contributed by atoms with E-state index in [0.29, 0.717) is 0 Å². The van der Waals surface area contributed by atoms with Crippen LogP contribution in [0, 0.1) is 0 Å². The van der Waals surface area contributed by atoms with E-state index in [1.807, 2.05) is 0 Å². The van der Waals surface area contributed by atoms with Crippen LogP contribution in [0.2, 0.25) is 0 Å². The van der Waals surface area contributed by atoms with Crippen LogP contribution in [0.3, 0.4) is 0 Å². The molecule has 1 fully saturated rings. The Morgan fingerprint density at radius 2 is 1.04 bits per heavy atom. The summed E-state index contributed by atoms with van der Waals surface area (Å²) in [5.41, 5.74) is 9.84. The molecular formula is C25H32. The number of rotatable bonds is 0. The third-order valence-corrected chi connectivity index (χ3v) is 6.55. The summed E-state index contributed by atoms with van der Waals surface area (Å²) in [6.45, 7) is 14.0. The molecule has 2 aliphatic rings. The van der Waals surface area contributed by atoms with Crippen LogP contribution in [-0.2, 0) is 16.2 Å². The van der Waals surface area contributed by atoms with E-state index in [-0.39, 0.29) is 16.2 Å². The topological polar surface area (TPSA) is 0 Å². The lowest BCUT2D eigenvalue weighted by Crippen LogP contribution is -2.22. The Labute approximate surface area is 153 Å². The first-order chi connectivity index (χ1) is 11.6. The van der Waals surface area contributed by atoms with Crippen molar-refractivity contribution in [3.05, 3.63) is 58.7 Å². The van der Waals surface area contributed by atoms with Crippen molar-refractivity contribution in [2.24, 2.45) is 0 Å². The van der Waals surface area contributed by atoms with Gasteiger partial charge in [-0.1, -0.05) is 90.8 Å². The summed E-state index contributed by atoms with van der Waals surface area (Å²) >= 11 is 0. The van der Waals surface area contributed by atoms with Crippen molar-refractivity contribution >= 4 is 0 Å². The molecule has 4 rings (SSSR count). The zero-order chi connectivity index (χ0) is 18.0. The Balaban J connectivity index is 1.96. The van der Waals surface area contributed by atoms with Gasteiger partial charge in [0.15, 0.2) is 0 Å². The minimum atomic E-state index is 0.209. The zero-order valence-electron chi connectivity index (χ0n) is 16.8. The Hall–Kier alpha value is -1.56. The average molecular weight is 333 g/mol. The van der Waals surface area contributed by atoms with Crippen LogP contribution < -0.4 is 0 Å². The van der Waals surface area contributed by atoms with E-state index >= 15 is 0 Å². The Morgan fingerprint density at radius 3 is 1.40 bits per heavy atom. The van der Waals surface area contributed by atoms with Crippen molar-refractivity contribution in [1.29, 1.82) is 0 Å². The summed E-state index contributed by atoms with van der Waals surface area (Å²) in [6, 6.07) is 14.6. The van der Waals surface area contributed by atoms with Crippen molar-refractivity contribution in [2.75, 3.05) is 0 Å². The van der Waals surface area contributed by atoms with Gasteiger partial charge in [0.25, 0.3) is 0 Å². The smallest absolute Gasteiger partial charge is 0.0215 e. The van der Waals surface area contributed by atoms with Crippen molar-refractivity contribution in [3.63, 3.8) is 0 Å². The summed E-state index contributed by atoms with van der Waals surface area (Å²) in [5.74, 6) is 0.